The van der Waals surface area contributed by atoms with Gasteiger partial charge < -0.3 is 5.73 Å². The SMILES string of the molecule is CC(C)(c1cccc([N+](=O)[O-])c1)C(N)C(F)(F)F. The van der Waals surface area contributed by atoms with Crippen LogP contribution in [0.4, 0.5) is 18.9 Å². The number of nitrogens with zero attached hydrogens (tertiary/aromatic N) is 1. The summed E-state index contributed by atoms with van der Waals surface area (Å²) in [5.41, 5.74) is 3.68. The summed E-state index contributed by atoms with van der Waals surface area (Å²) in [4.78, 5) is 9.94. The van der Waals surface area contributed by atoms with Crippen molar-refractivity contribution in [2.24, 2.45) is 5.73 Å². The van der Waals surface area contributed by atoms with Gasteiger partial charge in [-0.05, 0) is 5.56 Å². The predicted molar refractivity (Wildman–Crippen MR) is 60.2 cm³/mol. The fourth-order valence-electron chi connectivity index (χ4n) is 1.61. The monoisotopic (exact) mass is 262 g/mol. The summed E-state index contributed by atoms with van der Waals surface area (Å²) in [6.45, 7) is 2.62. The largest absolute Gasteiger partial charge is 0.404 e. The highest BCUT2D eigenvalue weighted by Gasteiger charge is 2.47. The quantitative estimate of drug-likeness (QED) is 0.672. The van der Waals surface area contributed by atoms with Gasteiger partial charge in [0.2, 0.25) is 0 Å². The Morgan fingerprint density at radius 3 is 2.33 bits per heavy atom. The number of rotatable bonds is 3. The molecule has 0 aromatic heterocycles. The van der Waals surface area contributed by atoms with Gasteiger partial charge in [-0.1, -0.05) is 26.0 Å². The van der Waals surface area contributed by atoms with Gasteiger partial charge in [0.25, 0.3) is 5.69 Å². The van der Waals surface area contributed by atoms with Crippen LogP contribution in [0, 0.1) is 10.1 Å². The second kappa shape index (κ2) is 4.56. The number of benzene rings is 1. The van der Waals surface area contributed by atoms with Gasteiger partial charge in [-0.2, -0.15) is 13.2 Å². The normalized spacial score (nSPS) is 14.3. The molecule has 0 heterocycles. The first kappa shape index (κ1) is 14.4. The van der Waals surface area contributed by atoms with Crippen molar-refractivity contribution in [3.63, 3.8) is 0 Å². The molecule has 0 saturated heterocycles. The topological polar surface area (TPSA) is 69.2 Å². The van der Waals surface area contributed by atoms with Gasteiger partial charge in [-0.25, -0.2) is 0 Å². The average Bonchev–Trinajstić information content (AvgIpc) is 2.27. The molecule has 2 N–H and O–H groups in total. The Morgan fingerprint density at radius 2 is 1.89 bits per heavy atom. The number of halogens is 3. The number of nitro groups is 1. The van der Waals surface area contributed by atoms with Crippen molar-refractivity contribution in [1.29, 1.82) is 0 Å². The molecule has 0 radical (unpaired) electrons. The van der Waals surface area contributed by atoms with Gasteiger partial charge in [-0.3, -0.25) is 10.1 Å². The van der Waals surface area contributed by atoms with E-state index in [-0.39, 0.29) is 11.3 Å². The van der Waals surface area contributed by atoms with Gasteiger partial charge in [0.15, 0.2) is 0 Å². The first-order valence-corrected chi connectivity index (χ1v) is 5.14. The van der Waals surface area contributed by atoms with E-state index in [0.29, 0.717) is 0 Å². The van der Waals surface area contributed by atoms with Crippen molar-refractivity contribution < 1.29 is 18.1 Å². The molecule has 0 aliphatic carbocycles. The molecule has 7 heteroatoms. The minimum absolute atomic E-state index is 0.182. The van der Waals surface area contributed by atoms with E-state index in [9.17, 15) is 23.3 Å². The summed E-state index contributed by atoms with van der Waals surface area (Å²) >= 11 is 0. The molecule has 1 rings (SSSR count). The van der Waals surface area contributed by atoms with E-state index < -0.39 is 22.6 Å². The zero-order valence-corrected chi connectivity index (χ0v) is 9.86. The van der Waals surface area contributed by atoms with Gasteiger partial charge >= 0.3 is 6.18 Å². The van der Waals surface area contributed by atoms with Crippen LogP contribution in [0.25, 0.3) is 0 Å². The maximum atomic E-state index is 12.6. The van der Waals surface area contributed by atoms with Crippen molar-refractivity contribution in [3.8, 4) is 0 Å². The van der Waals surface area contributed by atoms with Crippen LogP contribution in [0.1, 0.15) is 19.4 Å². The van der Waals surface area contributed by atoms with Crippen LogP contribution in [-0.2, 0) is 5.41 Å². The third kappa shape index (κ3) is 2.79. The molecule has 1 aromatic rings. The van der Waals surface area contributed by atoms with Crippen molar-refractivity contribution in [2.45, 2.75) is 31.5 Å². The molecule has 1 unspecified atom stereocenters. The van der Waals surface area contributed by atoms with Crippen LogP contribution in [0.2, 0.25) is 0 Å². The summed E-state index contributed by atoms with van der Waals surface area (Å²) in [6, 6.07) is 2.99. The Kier molecular flexibility index (Phi) is 3.66. The third-order valence-electron chi connectivity index (χ3n) is 2.93. The number of hydrogen-bond donors (Lipinski definition) is 1. The molecular formula is C11H13F3N2O2. The van der Waals surface area contributed by atoms with Crippen LogP contribution in [0.3, 0.4) is 0 Å². The number of nitrogens with two attached hydrogens (primary N) is 1. The second-order valence-corrected chi connectivity index (χ2v) is 4.55. The molecule has 0 aliphatic rings. The van der Waals surface area contributed by atoms with Crippen LogP contribution in [0.15, 0.2) is 24.3 Å². The molecule has 0 aliphatic heterocycles. The third-order valence-corrected chi connectivity index (χ3v) is 2.93. The Hall–Kier alpha value is -1.63. The van der Waals surface area contributed by atoms with E-state index in [0.717, 1.165) is 6.07 Å². The summed E-state index contributed by atoms with van der Waals surface area (Å²) < 4.78 is 37.9. The van der Waals surface area contributed by atoms with Gasteiger partial charge in [0.05, 0.1) is 4.92 Å². The van der Waals surface area contributed by atoms with E-state index in [1.54, 1.807) is 0 Å². The first-order chi connectivity index (χ1) is 8.06. The smallest absolute Gasteiger partial charge is 0.319 e. The lowest BCUT2D eigenvalue weighted by Crippen LogP contribution is -2.51. The minimum Gasteiger partial charge on any atom is -0.319 e. The Labute approximate surface area is 102 Å². The predicted octanol–water partition coefficient (Wildman–Crippen LogP) is 2.76. The molecule has 0 spiro atoms. The van der Waals surface area contributed by atoms with Crippen molar-refractivity contribution in [1.82, 2.24) is 0 Å². The molecule has 4 nitrogen and oxygen atoms in total. The number of nitro benzene ring substituents is 1. The number of alkyl halides is 3. The molecule has 1 aromatic carbocycles. The molecule has 0 saturated carbocycles. The first-order valence-electron chi connectivity index (χ1n) is 5.14. The van der Waals surface area contributed by atoms with Crippen LogP contribution in [0.5, 0.6) is 0 Å². The molecular weight excluding hydrogens is 249 g/mol. The minimum atomic E-state index is -4.56. The van der Waals surface area contributed by atoms with E-state index in [1.807, 2.05) is 0 Å². The summed E-state index contributed by atoms with van der Waals surface area (Å²) in [5.74, 6) is 0. The summed E-state index contributed by atoms with van der Waals surface area (Å²) in [5, 5.41) is 10.6. The van der Waals surface area contributed by atoms with E-state index in [4.69, 9.17) is 5.73 Å². The zero-order valence-electron chi connectivity index (χ0n) is 9.86. The molecule has 100 valence electrons. The lowest BCUT2D eigenvalue weighted by atomic mass is 9.77. The highest BCUT2D eigenvalue weighted by atomic mass is 19.4. The standard InChI is InChI=1S/C11H13F3N2O2/c1-10(2,9(15)11(12,13)14)7-4-3-5-8(6-7)16(17)18/h3-6,9H,15H2,1-2H3. The molecule has 18 heavy (non-hydrogen) atoms. The average molecular weight is 262 g/mol. The molecule has 0 bridgehead atoms. The maximum Gasteiger partial charge on any atom is 0.404 e. The summed E-state index contributed by atoms with van der Waals surface area (Å²) in [7, 11) is 0. The molecule has 1 atom stereocenters. The summed E-state index contributed by atoms with van der Waals surface area (Å²) in [6.07, 6.45) is -4.56. The zero-order chi connectivity index (χ0) is 14.1. The second-order valence-electron chi connectivity index (χ2n) is 4.55. The van der Waals surface area contributed by atoms with Gasteiger partial charge in [0.1, 0.15) is 6.04 Å². The lowest BCUT2D eigenvalue weighted by molar-refractivity contribution is -0.385. The highest BCUT2D eigenvalue weighted by Crippen LogP contribution is 2.36. The van der Waals surface area contributed by atoms with Crippen molar-refractivity contribution >= 4 is 5.69 Å². The molecule has 0 fully saturated rings. The highest BCUT2D eigenvalue weighted by molar-refractivity contribution is 5.38. The van der Waals surface area contributed by atoms with Crippen molar-refractivity contribution in [3.05, 3.63) is 39.9 Å². The Balaban J connectivity index is 3.20. The van der Waals surface area contributed by atoms with Gasteiger partial charge in [0, 0.05) is 17.5 Å². The van der Waals surface area contributed by atoms with E-state index in [2.05, 4.69) is 0 Å². The number of hydrogen-bond acceptors (Lipinski definition) is 3. The Bertz CT molecular complexity index is 458. The van der Waals surface area contributed by atoms with Crippen LogP contribution in [-0.4, -0.2) is 17.1 Å². The van der Waals surface area contributed by atoms with Crippen LogP contribution >= 0.6 is 0 Å². The van der Waals surface area contributed by atoms with Crippen molar-refractivity contribution in [2.75, 3.05) is 0 Å². The van der Waals surface area contributed by atoms with E-state index in [1.165, 1.54) is 32.0 Å². The molecule has 0 amide bonds. The van der Waals surface area contributed by atoms with Gasteiger partial charge in [-0.15, -0.1) is 0 Å². The fourth-order valence-corrected chi connectivity index (χ4v) is 1.61. The van der Waals surface area contributed by atoms with Crippen LogP contribution < -0.4 is 5.73 Å². The lowest BCUT2D eigenvalue weighted by Gasteiger charge is -2.33. The van der Waals surface area contributed by atoms with E-state index >= 15 is 0 Å². The Morgan fingerprint density at radius 1 is 1.33 bits per heavy atom. The number of non-ortho nitro benzene ring substituents is 1. The fraction of sp³-hybridized carbons (Fsp3) is 0.455. The maximum absolute atomic E-state index is 12.6.